The summed E-state index contributed by atoms with van der Waals surface area (Å²) in [6.07, 6.45) is 4.75. The number of aliphatic hydroxyl groups excluding tert-OH is 1. The number of amides is 1. The van der Waals surface area contributed by atoms with Gasteiger partial charge >= 0.3 is 6.09 Å². The van der Waals surface area contributed by atoms with Crippen LogP contribution < -0.4 is 0 Å². The lowest BCUT2D eigenvalue weighted by Gasteiger charge is -2.30. The first-order chi connectivity index (χ1) is 12.5. The Morgan fingerprint density at radius 1 is 1.33 bits per heavy atom. The summed E-state index contributed by atoms with van der Waals surface area (Å²) in [5, 5.41) is 10.2. The molecule has 1 unspecified atom stereocenters. The fourth-order valence-corrected chi connectivity index (χ4v) is 3.42. The maximum atomic E-state index is 12.3. The van der Waals surface area contributed by atoms with E-state index in [2.05, 4.69) is 31.8 Å². The van der Waals surface area contributed by atoms with Crippen molar-refractivity contribution in [3.05, 3.63) is 34.7 Å². The predicted octanol–water partition coefficient (Wildman–Crippen LogP) is 4.67. The molecular formula is C22H34N2O3. The number of pyridine rings is 1. The molecule has 0 fully saturated rings. The number of aromatic nitrogens is 1. The molecule has 1 amide bonds. The van der Waals surface area contributed by atoms with Gasteiger partial charge in [-0.1, -0.05) is 19.9 Å². The Morgan fingerprint density at radius 2 is 2.00 bits per heavy atom. The van der Waals surface area contributed by atoms with Gasteiger partial charge in [-0.05, 0) is 70.1 Å². The van der Waals surface area contributed by atoms with Gasteiger partial charge in [-0.3, -0.25) is 4.98 Å². The summed E-state index contributed by atoms with van der Waals surface area (Å²) in [6.45, 7) is 15.0. The lowest BCUT2D eigenvalue weighted by molar-refractivity contribution is 0.0270. The minimum absolute atomic E-state index is 0.281. The average molecular weight is 375 g/mol. The number of ether oxygens (including phenoxy) is 1. The molecule has 1 aromatic rings. The number of carbonyl (C=O) groups excluding carboxylic acids is 1. The molecule has 0 radical (unpaired) electrons. The van der Waals surface area contributed by atoms with Crippen molar-refractivity contribution in [2.75, 3.05) is 13.1 Å². The molecule has 1 aliphatic rings. The van der Waals surface area contributed by atoms with E-state index in [0.29, 0.717) is 19.0 Å². The fourth-order valence-electron chi connectivity index (χ4n) is 3.42. The first-order valence-electron chi connectivity index (χ1n) is 9.83. The summed E-state index contributed by atoms with van der Waals surface area (Å²) >= 11 is 0. The highest BCUT2D eigenvalue weighted by molar-refractivity contribution is 5.75. The lowest BCUT2D eigenvalue weighted by Crippen LogP contribution is -2.39. The van der Waals surface area contributed by atoms with Crippen LogP contribution in [0, 0.1) is 12.8 Å². The summed E-state index contributed by atoms with van der Waals surface area (Å²) in [5.41, 5.74) is 4.84. The fraction of sp³-hybridized carbons (Fsp3) is 0.636. The zero-order valence-electron chi connectivity index (χ0n) is 17.8. The highest BCUT2D eigenvalue weighted by Gasteiger charge is 2.26. The van der Waals surface area contributed by atoms with E-state index in [1.165, 1.54) is 11.1 Å². The first-order valence-corrected chi connectivity index (χ1v) is 9.83. The molecule has 150 valence electrons. The van der Waals surface area contributed by atoms with Crippen LogP contribution in [0.3, 0.4) is 0 Å². The highest BCUT2D eigenvalue weighted by Crippen LogP contribution is 2.33. The van der Waals surface area contributed by atoms with E-state index in [0.717, 1.165) is 29.7 Å². The molecule has 1 atom stereocenters. The van der Waals surface area contributed by atoms with Crippen molar-refractivity contribution >= 4 is 11.7 Å². The van der Waals surface area contributed by atoms with Crippen LogP contribution in [0.5, 0.6) is 0 Å². The molecule has 0 saturated carbocycles. The van der Waals surface area contributed by atoms with Crippen LogP contribution >= 0.6 is 0 Å². The van der Waals surface area contributed by atoms with Gasteiger partial charge in [-0.2, -0.15) is 0 Å². The molecule has 5 nitrogen and oxygen atoms in total. The van der Waals surface area contributed by atoms with Crippen LogP contribution in [0.15, 0.2) is 12.3 Å². The lowest BCUT2D eigenvalue weighted by atomic mass is 9.88. The van der Waals surface area contributed by atoms with Crippen LogP contribution in [0.25, 0.3) is 5.57 Å². The maximum Gasteiger partial charge on any atom is 0.410 e. The van der Waals surface area contributed by atoms with Crippen LogP contribution in [-0.4, -0.2) is 39.8 Å². The van der Waals surface area contributed by atoms with E-state index in [-0.39, 0.29) is 6.09 Å². The molecule has 1 N–H and O–H groups in total. The van der Waals surface area contributed by atoms with Gasteiger partial charge in [0.25, 0.3) is 0 Å². The Hall–Kier alpha value is -1.88. The van der Waals surface area contributed by atoms with Crippen LogP contribution in [0.2, 0.25) is 0 Å². The van der Waals surface area contributed by atoms with Gasteiger partial charge in [-0.15, -0.1) is 0 Å². The number of rotatable bonds is 4. The molecule has 27 heavy (non-hydrogen) atoms. The van der Waals surface area contributed by atoms with Gasteiger partial charge in [0.15, 0.2) is 0 Å². The summed E-state index contributed by atoms with van der Waals surface area (Å²) in [4.78, 5) is 18.6. The first kappa shape index (κ1) is 21.4. The summed E-state index contributed by atoms with van der Waals surface area (Å²) in [5.74, 6) is 0.541. The van der Waals surface area contributed by atoms with Crippen molar-refractivity contribution in [2.45, 2.75) is 73.0 Å². The zero-order chi connectivity index (χ0) is 20.4. The third-order valence-corrected chi connectivity index (χ3v) is 4.68. The van der Waals surface area contributed by atoms with Gasteiger partial charge in [0.05, 0.1) is 11.8 Å². The van der Waals surface area contributed by atoms with Gasteiger partial charge in [-0.25, -0.2) is 4.79 Å². The zero-order valence-corrected chi connectivity index (χ0v) is 17.8. The van der Waals surface area contributed by atoms with E-state index >= 15 is 0 Å². The molecule has 0 aliphatic carbocycles. The standard InChI is InChI=1S/C22H34N2O3/c1-14(2)12-18-13-23-20(16(4)25)19(15(18)3)17-8-10-24(11-9-17)21(26)27-22(5,6)7/h8,13-14,16,25H,9-12H2,1-7H3. The van der Waals surface area contributed by atoms with E-state index in [1.54, 1.807) is 11.8 Å². The summed E-state index contributed by atoms with van der Waals surface area (Å²) < 4.78 is 5.47. The Morgan fingerprint density at radius 3 is 2.48 bits per heavy atom. The van der Waals surface area contributed by atoms with Crippen LogP contribution in [0.1, 0.15) is 76.5 Å². The minimum Gasteiger partial charge on any atom is -0.444 e. The summed E-state index contributed by atoms with van der Waals surface area (Å²) in [7, 11) is 0. The molecular weight excluding hydrogens is 340 g/mol. The second-order valence-electron chi connectivity index (χ2n) is 8.85. The summed E-state index contributed by atoms with van der Waals surface area (Å²) in [6, 6.07) is 0. The molecule has 1 aliphatic heterocycles. The third kappa shape index (κ3) is 5.55. The maximum absolute atomic E-state index is 12.3. The predicted molar refractivity (Wildman–Crippen MR) is 109 cm³/mol. The third-order valence-electron chi connectivity index (χ3n) is 4.68. The van der Waals surface area contributed by atoms with Crippen LogP contribution in [0.4, 0.5) is 4.79 Å². The van der Waals surface area contributed by atoms with Crippen molar-refractivity contribution in [1.82, 2.24) is 9.88 Å². The molecule has 0 bridgehead atoms. The van der Waals surface area contributed by atoms with Crippen LogP contribution in [-0.2, 0) is 11.2 Å². The Kier molecular flexibility index (Phi) is 6.68. The number of carbonyl (C=O) groups is 1. The molecule has 1 aromatic heterocycles. The Balaban J connectivity index is 2.31. The molecule has 2 heterocycles. The SMILES string of the molecule is Cc1c(CC(C)C)cnc(C(C)O)c1C1=CCN(C(=O)OC(C)(C)C)CC1. The van der Waals surface area contributed by atoms with Crippen molar-refractivity contribution in [2.24, 2.45) is 5.92 Å². The van der Waals surface area contributed by atoms with E-state index in [4.69, 9.17) is 4.74 Å². The minimum atomic E-state index is -0.628. The molecule has 5 heteroatoms. The van der Waals surface area contributed by atoms with E-state index in [1.807, 2.05) is 27.0 Å². The average Bonchev–Trinajstić information content (AvgIpc) is 2.54. The molecule has 0 saturated heterocycles. The monoisotopic (exact) mass is 374 g/mol. The second-order valence-corrected chi connectivity index (χ2v) is 8.85. The van der Waals surface area contributed by atoms with Gasteiger partial charge < -0.3 is 14.7 Å². The molecule has 0 aromatic carbocycles. The second kappa shape index (κ2) is 8.42. The highest BCUT2D eigenvalue weighted by atomic mass is 16.6. The topological polar surface area (TPSA) is 62.7 Å². The van der Waals surface area contributed by atoms with Crippen molar-refractivity contribution in [1.29, 1.82) is 0 Å². The normalized spacial score (nSPS) is 16.3. The van der Waals surface area contributed by atoms with Crippen molar-refractivity contribution < 1.29 is 14.6 Å². The number of hydrogen-bond acceptors (Lipinski definition) is 4. The largest absolute Gasteiger partial charge is 0.444 e. The smallest absolute Gasteiger partial charge is 0.410 e. The quantitative estimate of drug-likeness (QED) is 0.832. The molecule has 0 spiro atoms. The van der Waals surface area contributed by atoms with E-state index < -0.39 is 11.7 Å². The van der Waals surface area contributed by atoms with Gasteiger partial charge in [0, 0.05) is 24.8 Å². The van der Waals surface area contributed by atoms with E-state index in [9.17, 15) is 9.90 Å². The molecule has 2 rings (SSSR count). The number of hydrogen-bond donors (Lipinski definition) is 1. The van der Waals surface area contributed by atoms with Crippen molar-refractivity contribution in [3.63, 3.8) is 0 Å². The number of nitrogens with zero attached hydrogens (tertiary/aromatic N) is 2. The number of aliphatic hydroxyl groups is 1. The van der Waals surface area contributed by atoms with Crippen molar-refractivity contribution in [3.8, 4) is 0 Å². The van der Waals surface area contributed by atoms with Gasteiger partial charge in [0.2, 0.25) is 0 Å². The van der Waals surface area contributed by atoms with Gasteiger partial charge in [0.1, 0.15) is 5.60 Å². The Labute approximate surface area is 163 Å². The Bertz CT molecular complexity index is 715.